The van der Waals surface area contributed by atoms with Crippen LogP contribution in [0.1, 0.15) is 59.9 Å². The van der Waals surface area contributed by atoms with Gasteiger partial charge in [-0.15, -0.1) is 0 Å². The molecule has 1 fully saturated rings. The molecule has 2 aromatic carbocycles. The molecule has 1 saturated carbocycles. The Morgan fingerprint density at radius 1 is 1.02 bits per heavy atom. The Bertz CT molecular complexity index is 1470. The van der Waals surface area contributed by atoms with Gasteiger partial charge in [-0.1, -0.05) is 24.3 Å². The molecular weight excluding hydrogens is 593 g/mol. The largest absolute Gasteiger partial charge is 0.494 e. The quantitative estimate of drug-likeness (QED) is 0.418. The Labute approximate surface area is 258 Å². The van der Waals surface area contributed by atoms with Crippen molar-refractivity contribution in [2.45, 2.75) is 50.7 Å². The number of halogens is 3. The smallest absolute Gasteiger partial charge is 0.422 e. The van der Waals surface area contributed by atoms with Gasteiger partial charge in [0.15, 0.2) is 6.61 Å². The maximum Gasteiger partial charge on any atom is 0.422 e. The highest BCUT2D eigenvalue weighted by atomic mass is 19.4. The van der Waals surface area contributed by atoms with E-state index in [0.717, 1.165) is 24.0 Å². The average Bonchev–Trinajstić information content (AvgIpc) is 3.79. The number of ether oxygens (including phenoxy) is 3. The fraction of sp³-hybridized carbons (Fsp3) is 0.452. The lowest BCUT2D eigenvalue weighted by molar-refractivity contribution is -0.154. The van der Waals surface area contributed by atoms with Crippen molar-refractivity contribution in [1.29, 1.82) is 0 Å². The third-order valence-corrected chi connectivity index (χ3v) is 7.37. The molecule has 45 heavy (non-hydrogen) atoms. The molecule has 1 aliphatic carbocycles. The number of rotatable bonds is 3. The number of anilines is 1. The van der Waals surface area contributed by atoms with Crippen LogP contribution < -0.4 is 20.1 Å². The first-order valence-corrected chi connectivity index (χ1v) is 14.9. The van der Waals surface area contributed by atoms with Gasteiger partial charge < -0.3 is 29.7 Å². The summed E-state index contributed by atoms with van der Waals surface area (Å²) in [6, 6.07) is 13.9. The molecule has 11 nitrogen and oxygen atoms in total. The molecule has 0 saturated heterocycles. The summed E-state index contributed by atoms with van der Waals surface area (Å²) in [5.74, 6) is 0.695. The third-order valence-electron chi connectivity index (χ3n) is 7.37. The summed E-state index contributed by atoms with van der Waals surface area (Å²) in [7, 11) is 0. The molecule has 5 aliphatic rings. The Morgan fingerprint density at radius 2 is 1.76 bits per heavy atom. The molecule has 3 aromatic rings. The molecular formula is C31H35F3N6O5. The number of nitrogens with one attached hydrogen (secondary N) is 2. The van der Waals surface area contributed by atoms with Gasteiger partial charge in [0, 0.05) is 31.6 Å². The number of carbonyl (C=O) groups excluding carboxylic acids is 2. The van der Waals surface area contributed by atoms with E-state index in [2.05, 4.69) is 25.6 Å². The van der Waals surface area contributed by atoms with Gasteiger partial charge >= 0.3 is 18.3 Å². The van der Waals surface area contributed by atoms with Crippen molar-refractivity contribution in [3.8, 4) is 11.8 Å². The fourth-order valence-electron chi connectivity index (χ4n) is 4.92. The zero-order valence-electron chi connectivity index (χ0n) is 24.9. The van der Waals surface area contributed by atoms with Gasteiger partial charge in [0.05, 0.1) is 18.8 Å². The van der Waals surface area contributed by atoms with E-state index in [1.54, 1.807) is 36.1 Å². The van der Waals surface area contributed by atoms with Crippen molar-refractivity contribution in [3.63, 3.8) is 0 Å². The van der Waals surface area contributed by atoms with Crippen LogP contribution in [0.15, 0.2) is 48.5 Å². The average molecular weight is 629 g/mol. The summed E-state index contributed by atoms with van der Waals surface area (Å²) in [5.41, 5.74) is 1.62. The van der Waals surface area contributed by atoms with Crippen LogP contribution in [0.3, 0.4) is 0 Å². The third kappa shape index (κ3) is 8.96. The molecule has 240 valence electrons. The van der Waals surface area contributed by atoms with Crippen LogP contribution in [0.25, 0.3) is 0 Å². The van der Waals surface area contributed by atoms with E-state index in [-0.39, 0.29) is 30.7 Å². The predicted molar refractivity (Wildman–Crippen MR) is 157 cm³/mol. The van der Waals surface area contributed by atoms with Crippen LogP contribution in [0.2, 0.25) is 0 Å². The number of amides is 2. The number of hydrogen-bond acceptors (Lipinski definition) is 9. The van der Waals surface area contributed by atoms with Crippen LogP contribution in [0.5, 0.6) is 11.8 Å². The van der Waals surface area contributed by atoms with Crippen molar-refractivity contribution < 1.29 is 37.0 Å². The standard InChI is InChI=1S/C31H35F3N6O5/c1-2-43-29(42)40-16-3-15-35-26(41)22-7-5-21(6-8-22)19-25-36-27(38-28(37-25)45-20-31(32,33)34)39-30(13-14-30)23-9-11-24(12-10-23)44-18-4-17-40/h5-12H,2-4,13-20H2,1H3,(H,35,41)(H,36,37,38,39). The molecule has 8 rings (SSSR count). The minimum atomic E-state index is -4.56. The first-order valence-electron chi connectivity index (χ1n) is 14.9. The maximum atomic E-state index is 12.9. The second kappa shape index (κ2) is 14.0. The normalized spacial score (nSPS) is 17.1. The first-order chi connectivity index (χ1) is 21.6. The Morgan fingerprint density at radius 3 is 2.44 bits per heavy atom. The molecule has 5 heterocycles. The number of alkyl halides is 3. The zero-order valence-corrected chi connectivity index (χ0v) is 24.9. The molecule has 0 atom stereocenters. The fourth-order valence-corrected chi connectivity index (χ4v) is 4.92. The van der Waals surface area contributed by atoms with Crippen LogP contribution in [0, 0.1) is 0 Å². The Kier molecular flexibility index (Phi) is 9.89. The second-order valence-corrected chi connectivity index (χ2v) is 10.9. The van der Waals surface area contributed by atoms with Gasteiger partial charge in [0.2, 0.25) is 5.95 Å². The summed E-state index contributed by atoms with van der Waals surface area (Å²) in [5, 5.41) is 6.15. The Hall–Kier alpha value is -4.62. The SMILES string of the molecule is CCOC(=O)N1CCCNC(=O)c2ccc(cc2)Cc2nc(nc(OCC(F)(F)F)n2)NC2(CC2)c2ccc(cc2)OCCC1. The lowest BCUT2D eigenvalue weighted by Crippen LogP contribution is -2.36. The van der Waals surface area contributed by atoms with E-state index in [9.17, 15) is 22.8 Å². The lowest BCUT2D eigenvalue weighted by atomic mass is 10.1. The van der Waals surface area contributed by atoms with Gasteiger partial charge in [-0.3, -0.25) is 4.79 Å². The molecule has 1 aromatic heterocycles. The Balaban J connectivity index is 1.39. The highest BCUT2D eigenvalue weighted by molar-refractivity contribution is 5.94. The monoisotopic (exact) mass is 628 g/mol. The highest BCUT2D eigenvalue weighted by Gasteiger charge is 2.45. The van der Waals surface area contributed by atoms with Crippen molar-refractivity contribution in [2.75, 3.05) is 44.8 Å². The molecule has 0 radical (unpaired) electrons. The minimum absolute atomic E-state index is 0.103. The molecule has 14 heteroatoms. The molecule has 2 amide bonds. The molecule has 6 bridgehead atoms. The molecule has 2 N–H and O–H groups in total. The topological polar surface area (TPSA) is 128 Å². The summed E-state index contributed by atoms with van der Waals surface area (Å²) < 4.78 is 54.7. The van der Waals surface area contributed by atoms with Gasteiger partial charge in [0.25, 0.3) is 5.91 Å². The van der Waals surface area contributed by atoms with Gasteiger partial charge in [-0.25, -0.2) is 4.79 Å². The first kappa shape index (κ1) is 31.8. The zero-order chi connectivity index (χ0) is 31.9. The van der Waals surface area contributed by atoms with E-state index in [4.69, 9.17) is 14.2 Å². The van der Waals surface area contributed by atoms with Crippen molar-refractivity contribution in [3.05, 3.63) is 71.0 Å². The minimum Gasteiger partial charge on any atom is -0.494 e. The number of carbonyl (C=O) groups is 2. The number of benzene rings is 2. The number of nitrogens with zero attached hydrogens (tertiary/aromatic N) is 4. The summed E-state index contributed by atoms with van der Waals surface area (Å²) in [6.45, 7) is 2.05. The predicted octanol–water partition coefficient (Wildman–Crippen LogP) is 4.87. The van der Waals surface area contributed by atoms with E-state index >= 15 is 0 Å². The van der Waals surface area contributed by atoms with Crippen LogP contribution in [0.4, 0.5) is 23.9 Å². The number of hydrogen-bond donors (Lipinski definition) is 2. The van der Waals surface area contributed by atoms with E-state index < -0.39 is 30.4 Å². The molecule has 1 spiro atoms. The van der Waals surface area contributed by atoms with Crippen molar-refractivity contribution in [1.82, 2.24) is 25.2 Å². The van der Waals surface area contributed by atoms with Crippen molar-refractivity contribution >= 4 is 17.9 Å². The van der Waals surface area contributed by atoms with Gasteiger partial charge in [-0.05, 0) is 68.0 Å². The highest BCUT2D eigenvalue weighted by Crippen LogP contribution is 2.48. The maximum absolute atomic E-state index is 12.9. The molecule has 4 aliphatic heterocycles. The summed E-state index contributed by atoms with van der Waals surface area (Å²) in [6.07, 6.45) is -2.16. The lowest BCUT2D eigenvalue weighted by Gasteiger charge is -2.22. The van der Waals surface area contributed by atoms with Crippen LogP contribution in [-0.2, 0) is 16.7 Å². The molecule has 0 unspecified atom stereocenters. The van der Waals surface area contributed by atoms with Gasteiger partial charge in [0.1, 0.15) is 11.6 Å². The van der Waals surface area contributed by atoms with Crippen LogP contribution in [-0.4, -0.2) is 77.5 Å². The number of aromatic nitrogens is 3. The second-order valence-electron chi connectivity index (χ2n) is 10.9. The van der Waals surface area contributed by atoms with Crippen LogP contribution >= 0.6 is 0 Å². The van der Waals surface area contributed by atoms with E-state index in [0.29, 0.717) is 50.4 Å². The summed E-state index contributed by atoms with van der Waals surface area (Å²) in [4.78, 5) is 39.5. The van der Waals surface area contributed by atoms with Crippen molar-refractivity contribution in [2.24, 2.45) is 0 Å². The van der Waals surface area contributed by atoms with Gasteiger partial charge in [-0.2, -0.15) is 28.1 Å². The summed E-state index contributed by atoms with van der Waals surface area (Å²) >= 11 is 0. The van der Waals surface area contributed by atoms with E-state index in [1.807, 2.05) is 24.3 Å². The van der Waals surface area contributed by atoms with E-state index in [1.165, 1.54) is 0 Å².